The van der Waals surface area contributed by atoms with Crippen molar-refractivity contribution in [2.45, 2.75) is 26.7 Å². The summed E-state index contributed by atoms with van der Waals surface area (Å²) in [6, 6.07) is 10.0. The Kier molecular flexibility index (Phi) is 3.74. The molecule has 2 rings (SSSR count). The van der Waals surface area contributed by atoms with Crippen LogP contribution >= 0.6 is 0 Å². The molecule has 0 amide bonds. The number of rotatable bonds is 4. The van der Waals surface area contributed by atoms with E-state index in [1.807, 2.05) is 35.9 Å². The normalized spacial score (nSPS) is 10.8. The van der Waals surface area contributed by atoms with Gasteiger partial charge in [0, 0.05) is 5.69 Å². The smallest absolute Gasteiger partial charge is 0.119 e. The van der Waals surface area contributed by atoms with Crippen LogP contribution in [-0.4, -0.2) is 16.9 Å². The highest BCUT2D eigenvalue weighted by Crippen LogP contribution is 2.24. The van der Waals surface area contributed by atoms with Crippen LogP contribution in [0.2, 0.25) is 0 Å². The zero-order valence-electron chi connectivity index (χ0n) is 12.0. The fraction of sp³-hybridized carbons (Fsp3) is 0.312. The Labute approximate surface area is 114 Å². The second-order valence-electron chi connectivity index (χ2n) is 5.00. The fourth-order valence-electron chi connectivity index (χ4n) is 1.95. The van der Waals surface area contributed by atoms with Gasteiger partial charge in [-0.05, 0) is 48.7 Å². The third-order valence-electron chi connectivity index (χ3n) is 3.08. The van der Waals surface area contributed by atoms with Crippen LogP contribution in [0.5, 0.6) is 5.75 Å². The van der Waals surface area contributed by atoms with E-state index in [9.17, 15) is 0 Å². The lowest BCUT2D eigenvalue weighted by Gasteiger charge is -2.10. The van der Waals surface area contributed by atoms with Crippen LogP contribution in [0, 0.1) is 0 Å². The van der Waals surface area contributed by atoms with Gasteiger partial charge in [-0.1, -0.05) is 20.4 Å². The first kappa shape index (κ1) is 13.4. The van der Waals surface area contributed by atoms with Crippen LogP contribution < -0.4 is 4.74 Å². The van der Waals surface area contributed by atoms with Crippen molar-refractivity contribution in [1.82, 2.24) is 9.78 Å². The molecule has 0 N–H and O–H groups in total. The Morgan fingerprint density at radius 1 is 1.26 bits per heavy atom. The molecule has 2 aromatic rings. The van der Waals surface area contributed by atoms with Gasteiger partial charge >= 0.3 is 0 Å². The van der Waals surface area contributed by atoms with E-state index in [1.165, 1.54) is 5.69 Å². The molecule has 0 atom stereocenters. The molecule has 0 radical (unpaired) electrons. The fourth-order valence-corrected chi connectivity index (χ4v) is 1.95. The average molecular weight is 256 g/mol. The molecule has 0 aliphatic heterocycles. The minimum atomic E-state index is 0.405. The summed E-state index contributed by atoms with van der Waals surface area (Å²) in [6.45, 7) is 10.3. The molecule has 0 spiro atoms. The van der Waals surface area contributed by atoms with E-state index in [0.717, 1.165) is 22.7 Å². The highest BCUT2D eigenvalue weighted by molar-refractivity contribution is 5.58. The molecule has 3 heteroatoms. The predicted octanol–water partition coefficient (Wildman–Crippen LogP) is 4.04. The first-order chi connectivity index (χ1) is 9.02. The zero-order chi connectivity index (χ0) is 14.0. The number of aromatic nitrogens is 2. The van der Waals surface area contributed by atoms with Gasteiger partial charge < -0.3 is 4.74 Å². The SMILES string of the molecule is C=C(C)c1cc(C(C)C)n(-c2ccc(OC)cc2)n1. The summed E-state index contributed by atoms with van der Waals surface area (Å²) in [5.74, 6) is 1.25. The molecule has 3 nitrogen and oxygen atoms in total. The average Bonchev–Trinajstić information content (AvgIpc) is 2.84. The molecule has 0 bridgehead atoms. The molecule has 1 aromatic heterocycles. The Morgan fingerprint density at radius 2 is 1.89 bits per heavy atom. The summed E-state index contributed by atoms with van der Waals surface area (Å²) in [6.07, 6.45) is 0. The van der Waals surface area contributed by atoms with Crippen LogP contribution in [0.15, 0.2) is 36.9 Å². The van der Waals surface area contributed by atoms with Gasteiger partial charge in [0.15, 0.2) is 0 Å². The van der Waals surface area contributed by atoms with E-state index < -0.39 is 0 Å². The molecule has 1 heterocycles. The third kappa shape index (κ3) is 2.70. The van der Waals surface area contributed by atoms with Gasteiger partial charge in [-0.25, -0.2) is 4.68 Å². The number of nitrogens with zero attached hydrogens (tertiary/aromatic N) is 2. The first-order valence-electron chi connectivity index (χ1n) is 6.43. The Balaban J connectivity index is 2.49. The molecule has 100 valence electrons. The number of allylic oxidation sites excluding steroid dienone is 1. The Hall–Kier alpha value is -2.03. The summed E-state index contributed by atoms with van der Waals surface area (Å²) >= 11 is 0. The molecule has 0 aliphatic rings. The predicted molar refractivity (Wildman–Crippen MR) is 78.9 cm³/mol. The highest BCUT2D eigenvalue weighted by atomic mass is 16.5. The van der Waals surface area contributed by atoms with Crippen LogP contribution in [0.25, 0.3) is 11.3 Å². The van der Waals surface area contributed by atoms with Crippen molar-refractivity contribution in [1.29, 1.82) is 0 Å². The van der Waals surface area contributed by atoms with E-state index in [-0.39, 0.29) is 0 Å². The highest BCUT2D eigenvalue weighted by Gasteiger charge is 2.13. The van der Waals surface area contributed by atoms with Gasteiger partial charge in [-0.3, -0.25) is 0 Å². The number of hydrogen-bond donors (Lipinski definition) is 0. The van der Waals surface area contributed by atoms with Crippen molar-refractivity contribution in [3.8, 4) is 11.4 Å². The lowest BCUT2D eigenvalue weighted by atomic mass is 10.1. The third-order valence-corrected chi connectivity index (χ3v) is 3.08. The van der Waals surface area contributed by atoms with Gasteiger partial charge in [0.2, 0.25) is 0 Å². The molecule has 0 fully saturated rings. The maximum absolute atomic E-state index is 5.18. The lowest BCUT2D eigenvalue weighted by molar-refractivity contribution is 0.414. The monoisotopic (exact) mass is 256 g/mol. The number of benzene rings is 1. The van der Waals surface area contributed by atoms with Crippen molar-refractivity contribution in [2.24, 2.45) is 0 Å². The summed E-state index contributed by atoms with van der Waals surface area (Å²) in [5.41, 5.74) is 4.15. The van der Waals surface area contributed by atoms with E-state index in [0.29, 0.717) is 5.92 Å². The van der Waals surface area contributed by atoms with Gasteiger partial charge in [-0.2, -0.15) is 5.10 Å². The minimum Gasteiger partial charge on any atom is -0.497 e. The Morgan fingerprint density at radius 3 is 2.37 bits per heavy atom. The second-order valence-corrected chi connectivity index (χ2v) is 5.00. The van der Waals surface area contributed by atoms with Crippen molar-refractivity contribution in [3.05, 3.63) is 48.3 Å². The van der Waals surface area contributed by atoms with E-state index in [4.69, 9.17) is 4.74 Å². The molecule has 0 aliphatic carbocycles. The van der Waals surface area contributed by atoms with Crippen LogP contribution in [0.1, 0.15) is 38.1 Å². The van der Waals surface area contributed by atoms with Crippen LogP contribution in [0.3, 0.4) is 0 Å². The van der Waals surface area contributed by atoms with Crippen molar-refractivity contribution in [2.75, 3.05) is 7.11 Å². The number of hydrogen-bond acceptors (Lipinski definition) is 2. The molecule has 0 saturated carbocycles. The number of ether oxygens (including phenoxy) is 1. The summed E-state index contributed by atoms with van der Waals surface area (Å²) in [4.78, 5) is 0. The minimum absolute atomic E-state index is 0.405. The van der Waals surface area contributed by atoms with Gasteiger partial charge in [0.05, 0.1) is 18.5 Å². The molecule has 1 aromatic carbocycles. The van der Waals surface area contributed by atoms with E-state index in [1.54, 1.807) is 7.11 Å². The van der Waals surface area contributed by atoms with Crippen LogP contribution in [0.4, 0.5) is 0 Å². The summed E-state index contributed by atoms with van der Waals surface area (Å²) < 4.78 is 7.16. The van der Waals surface area contributed by atoms with Crippen molar-refractivity contribution < 1.29 is 4.74 Å². The maximum atomic E-state index is 5.18. The summed E-state index contributed by atoms with van der Waals surface area (Å²) in [7, 11) is 1.67. The Bertz CT molecular complexity index is 579. The van der Waals surface area contributed by atoms with Crippen molar-refractivity contribution in [3.63, 3.8) is 0 Å². The number of methoxy groups -OCH3 is 1. The quantitative estimate of drug-likeness (QED) is 0.825. The topological polar surface area (TPSA) is 27.1 Å². The van der Waals surface area contributed by atoms with Gasteiger partial charge in [-0.15, -0.1) is 0 Å². The molecule has 0 unspecified atom stereocenters. The first-order valence-corrected chi connectivity index (χ1v) is 6.43. The van der Waals surface area contributed by atoms with Gasteiger partial charge in [0.25, 0.3) is 0 Å². The molecule has 0 saturated heterocycles. The molecular weight excluding hydrogens is 236 g/mol. The van der Waals surface area contributed by atoms with Gasteiger partial charge in [0.1, 0.15) is 5.75 Å². The lowest BCUT2D eigenvalue weighted by Crippen LogP contribution is -2.03. The summed E-state index contributed by atoms with van der Waals surface area (Å²) in [5, 5.41) is 4.63. The second kappa shape index (κ2) is 5.31. The maximum Gasteiger partial charge on any atom is 0.119 e. The molecule has 19 heavy (non-hydrogen) atoms. The van der Waals surface area contributed by atoms with Crippen molar-refractivity contribution >= 4 is 5.57 Å². The molecular formula is C16H20N2O. The van der Waals surface area contributed by atoms with E-state index in [2.05, 4.69) is 31.6 Å². The van der Waals surface area contributed by atoms with Crippen LogP contribution in [-0.2, 0) is 0 Å². The largest absolute Gasteiger partial charge is 0.497 e. The van der Waals surface area contributed by atoms with E-state index >= 15 is 0 Å². The standard InChI is InChI=1S/C16H20N2O/c1-11(2)15-10-16(12(3)4)18(17-15)13-6-8-14(19-5)9-7-13/h6-10,12H,1H2,2-5H3. The zero-order valence-corrected chi connectivity index (χ0v) is 12.0.